The van der Waals surface area contributed by atoms with Crippen molar-refractivity contribution in [3.05, 3.63) is 193 Å². The first-order valence-corrected chi connectivity index (χ1v) is 17.0. The van der Waals surface area contributed by atoms with Crippen LogP contribution in [-0.4, -0.2) is 0 Å². The lowest BCUT2D eigenvalue weighted by Gasteiger charge is -2.30. The molecule has 0 aromatic heterocycles. The van der Waals surface area contributed by atoms with Crippen LogP contribution in [0.25, 0.3) is 32.7 Å². The highest BCUT2D eigenvalue weighted by molar-refractivity contribution is 6.14. The zero-order valence-corrected chi connectivity index (χ0v) is 27.7. The Balaban J connectivity index is 1.24. The van der Waals surface area contributed by atoms with Crippen LogP contribution in [-0.2, 0) is 5.41 Å². The van der Waals surface area contributed by atoms with Crippen molar-refractivity contribution in [1.82, 2.24) is 0 Å². The molecule has 0 aliphatic heterocycles. The number of anilines is 6. The second-order valence-corrected chi connectivity index (χ2v) is 13.4. The Bertz CT molecular complexity index is 2430. The van der Waals surface area contributed by atoms with E-state index in [1.54, 1.807) is 0 Å². The van der Waals surface area contributed by atoms with Crippen molar-refractivity contribution in [1.29, 1.82) is 0 Å². The Morgan fingerprint density at radius 1 is 0.347 bits per heavy atom. The quantitative estimate of drug-likeness (QED) is 0.169. The molecule has 0 radical (unpaired) electrons. The largest absolute Gasteiger partial charge is 0.310 e. The van der Waals surface area contributed by atoms with Crippen LogP contribution in [0.2, 0.25) is 0 Å². The van der Waals surface area contributed by atoms with Crippen LogP contribution >= 0.6 is 0 Å². The molecule has 9 rings (SSSR count). The third-order valence-corrected chi connectivity index (χ3v) is 10.2. The van der Waals surface area contributed by atoms with E-state index in [2.05, 4.69) is 206 Å². The standard InChI is InChI=1S/C47H36N2/c1-47(2)44-26-13-12-24-40(44)43-30-33-28-29-41-39(42(33)32-45(43)47)25-15-27-46(41)49(36-20-10-5-11-21-36)38-23-14-22-37(31-38)48(34-16-6-3-7-17-34)35-18-8-4-9-19-35/h3-32H,1-2H3. The molecule has 0 atom stereocenters. The molecule has 0 saturated carbocycles. The minimum Gasteiger partial charge on any atom is -0.310 e. The molecule has 8 aromatic rings. The minimum absolute atomic E-state index is 0.0558. The molecular formula is C47H36N2. The number of nitrogens with zero attached hydrogens (tertiary/aromatic N) is 2. The fraction of sp³-hybridized carbons (Fsp3) is 0.0638. The van der Waals surface area contributed by atoms with Crippen LogP contribution in [0.5, 0.6) is 0 Å². The van der Waals surface area contributed by atoms with Gasteiger partial charge in [-0.3, -0.25) is 0 Å². The summed E-state index contributed by atoms with van der Waals surface area (Å²) in [6.45, 7) is 4.72. The molecule has 2 nitrogen and oxygen atoms in total. The number of hydrogen-bond acceptors (Lipinski definition) is 2. The molecular weight excluding hydrogens is 593 g/mol. The molecule has 0 saturated heterocycles. The van der Waals surface area contributed by atoms with Crippen LogP contribution < -0.4 is 9.80 Å². The van der Waals surface area contributed by atoms with Crippen molar-refractivity contribution in [2.45, 2.75) is 19.3 Å². The maximum absolute atomic E-state index is 2.46. The zero-order valence-electron chi connectivity index (χ0n) is 27.7. The zero-order chi connectivity index (χ0) is 33.0. The molecule has 49 heavy (non-hydrogen) atoms. The van der Waals surface area contributed by atoms with Gasteiger partial charge < -0.3 is 9.80 Å². The number of para-hydroxylation sites is 3. The first-order valence-electron chi connectivity index (χ1n) is 17.0. The van der Waals surface area contributed by atoms with Crippen LogP contribution in [0, 0.1) is 0 Å². The lowest BCUT2D eigenvalue weighted by atomic mass is 9.81. The van der Waals surface area contributed by atoms with E-state index < -0.39 is 0 Å². The smallest absolute Gasteiger partial charge is 0.0540 e. The summed E-state index contributed by atoms with van der Waals surface area (Å²) in [6, 6.07) is 66.0. The molecule has 8 aromatic carbocycles. The molecule has 0 amide bonds. The monoisotopic (exact) mass is 628 g/mol. The van der Waals surface area contributed by atoms with Gasteiger partial charge in [-0.1, -0.05) is 123 Å². The Kier molecular flexibility index (Phi) is 6.84. The summed E-state index contributed by atoms with van der Waals surface area (Å²) in [4.78, 5) is 4.72. The van der Waals surface area contributed by atoms with Crippen LogP contribution in [0.1, 0.15) is 25.0 Å². The van der Waals surface area contributed by atoms with Gasteiger partial charge >= 0.3 is 0 Å². The van der Waals surface area contributed by atoms with E-state index in [1.807, 2.05) is 0 Å². The van der Waals surface area contributed by atoms with E-state index >= 15 is 0 Å². The summed E-state index contributed by atoms with van der Waals surface area (Å²) < 4.78 is 0. The van der Waals surface area contributed by atoms with E-state index in [0.717, 1.165) is 34.1 Å². The summed E-state index contributed by atoms with van der Waals surface area (Å²) in [6.07, 6.45) is 0. The van der Waals surface area contributed by atoms with Gasteiger partial charge in [-0.25, -0.2) is 0 Å². The van der Waals surface area contributed by atoms with Gasteiger partial charge in [-0.15, -0.1) is 0 Å². The van der Waals surface area contributed by atoms with Crippen LogP contribution in [0.3, 0.4) is 0 Å². The molecule has 0 unspecified atom stereocenters. The molecule has 0 fully saturated rings. The Labute approximate surface area is 288 Å². The van der Waals surface area contributed by atoms with Gasteiger partial charge in [-0.05, 0) is 111 Å². The van der Waals surface area contributed by atoms with Gasteiger partial charge in [0.25, 0.3) is 0 Å². The molecule has 1 aliphatic rings. The highest BCUT2D eigenvalue weighted by Crippen LogP contribution is 2.51. The van der Waals surface area contributed by atoms with Gasteiger partial charge in [0.2, 0.25) is 0 Å². The van der Waals surface area contributed by atoms with Gasteiger partial charge in [0, 0.05) is 39.2 Å². The fourth-order valence-electron chi connectivity index (χ4n) is 7.84. The normalized spacial score (nSPS) is 12.9. The Hall–Kier alpha value is -6.12. The molecule has 234 valence electrons. The first-order chi connectivity index (χ1) is 24.1. The van der Waals surface area contributed by atoms with E-state index in [9.17, 15) is 0 Å². The van der Waals surface area contributed by atoms with Gasteiger partial charge in [0.1, 0.15) is 0 Å². The molecule has 0 N–H and O–H groups in total. The predicted molar refractivity (Wildman–Crippen MR) is 208 cm³/mol. The number of fused-ring (bicyclic) bond motifs is 6. The maximum Gasteiger partial charge on any atom is 0.0540 e. The molecule has 0 spiro atoms. The lowest BCUT2D eigenvalue weighted by Crippen LogP contribution is -2.14. The van der Waals surface area contributed by atoms with E-state index in [1.165, 1.54) is 43.8 Å². The third kappa shape index (κ3) is 4.79. The van der Waals surface area contributed by atoms with E-state index in [0.29, 0.717) is 0 Å². The number of hydrogen-bond donors (Lipinski definition) is 0. The SMILES string of the molecule is CC1(C)c2ccccc2-c2cc3ccc4c(N(c5ccccc5)c5cccc(N(c6ccccc6)c6ccccc6)c5)cccc4c3cc21. The van der Waals surface area contributed by atoms with Crippen molar-refractivity contribution in [2.24, 2.45) is 0 Å². The predicted octanol–water partition coefficient (Wildman–Crippen LogP) is 13.2. The van der Waals surface area contributed by atoms with Crippen molar-refractivity contribution in [3.8, 4) is 11.1 Å². The Morgan fingerprint density at radius 2 is 0.898 bits per heavy atom. The summed E-state index contributed by atoms with van der Waals surface area (Å²) in [5.41, 5.74) is 12.1. The third-order valence-electron chi connectivity index (χ3n) is 10.2. The average molecular weight is 629 g/mol. The van der Waals surface area contributed by atoms with E-state index in [4.69, 9.17) is 0 Å². The summed E-state index contributed by atoms with van der Waals surface area (Å²) in [5, 5.41) is 5.04. The van der Waals surface area contributed by atoms with E-state index in [-0.39, 0.29) is 5.41 Å². The topological polar surface area (TPSA) is 6.48 Å². The molecule has 0 bridgehead atoms. The number of rotatable bonds is 6. The van der Waals surface area contributed by atoms with Crippen molar-refractivity contribution >= 4 is 55.7 Å². The van der Waals surface area contributed by atoms with Crippen molar-refractivity contribution < 1.29 is 0 Å². The lowest BCUT2D eigenvalue weighted by molar-refractivity contribution is 0.661. The second-order valence-electron chi connectivity index (χ2n) is 13.4. The van der Waals surface area contributed by atoms with Crippen LogP contribution in [0.4, 0.5) is 34.1 Å². The summed E-state index contributed by atoms with van der Waals surface area (Å²) >= 11 is 0. The fourth-order valence-corrected chi connectivity index (χ4v) is 7.84. The van der Waals surface area contributed by atoms with Gasteiger partial charge in [-0.2, -0.15) is 0 Å². The van der Waals surface area contributed by atoms with Crippen LogP contribution in [0.15, 0.2) is 182 Å². The molecule has 1 aliphatic carbocycles. The minimum atomic E-state index is -0.0558. The maximum atomic E-state index is 2.46. The average Bonchev–Trinajstić information content (AvgIpc) is 3.38. The summed E-state index contributed by atoms with van der Waals surface area (Å²) in [7, 11) is 0. The van der Waals surface area contributed by atoms with Gasteiger partial charge in [0.15, 0.2) is 0 Å². The van der Waals surface area contributed by atoms with Gasteiger partial charge in [0.05, 0.1) is 5.69 Å². The second kappa shape index (κ2) is 11.5. The molecule has 2 heteroatoms. The van der Waals surface area contributed by atoms with Crippen molar-refractivity contribution in [3.63, 3.8) is 0 Å². The number of benzene rings is 8. The highest BCUT2D eigenvalue weighted by Gasteiger charge is 2.35. The summed E-state index contributed by atoms with van der Waals surface area (Å²) in [5.74, 6) is 0. The first kappa shape index (κ1) is 29.1. The van der Waals surface area contributed by atoms with Crippen molar-refractivity contribution in [2.75, 3.05) is 9.80 Å². The highest BCUT2D eigenvalue weighted by atomic mass is 15.2. The molecule has 0 heterocycles. The Morgan fingerprint density at radius 3 is 1.57 bits per heavy atom.